The van der Waals surface area contributed by atoms with Gasteiger partial charge in [0.2, 0.25) is 0 Å². The van der Waals surface area contributed by atoms with Crippen LogP contribution in [0.4, 0.5) is 5.82 Å². The van der Waals surface area contributed by atoms with E-state index in [1.54, 1.807) is 43.5 Å². The average molecular weight is 323 g/mol. The van der Waals surface area contributed by atoms with Gasteiger partial charge in [0.15, 0.2) is 5.82 Å². The smallest absolute Gasteiger partial charge is 0.187 e. The van der Waals surface area contributed by atoms with Gasteiger partial charge in [-0.2, -0.15) is 0 Å². The number of benzene rings is 1. The van der Waals surface area contributed by atoms with Gasteiger partial charge in [0.25, 0.3) is 0 Å². The molecule has 0 fully saturated rings. The van der Waals surface area contributed by atoms with E-state index in [4.69, 9.17) is 4.52 Å². The highest BCUT2D eigenvalue weighted by Crippen LogP contribution is 2.47. The van der Waals surface area contributed by atoms with Crippen molar-refractivity contribution in [1.29, 1.82) is 0 Å². The number of thiazole rings is 1. The zero-order valence-electron chi connectivity index (χ0n) is 11.1. The van der Waals surface area contributed by atoms with E-state index in [9.17, 15) is 9.11 Å². The maximum absolute atomic E-state index is 10.2. The number of aryl methyl sites for hydroxylation is 1. The Labute approximate surface area is 126 Å². The first-order valence-corrected chi connectivity index (χ1v) is 8.46. The van der Waals surface area contributed by atoms with Crippen LogP contribution in [0.25, 0.3) is 10.6 Å². The molecule has 2 aromatic heterocycles. The highest BCUT2D eigenvalue weighted by molar-refractivity contribution is 8.25. The van der Waals surface area contributed by atoms with Crippen molar-refractivity contribution in [3.63, 3.8) is 0 Å². The summed E-state index contributed by atoms with van der Waals surface area (Å²) < 4.78 is 27.9. The van der Waals surface area contributed by atoms with Gasteiger partial charge < -0.3 is 4.52 Å². The molecule has 0 bridgehead atoms. The standard InChI is InChI=1S/C13H13N3O3S2/c1-9-8-12(15-19-9)16-21(17,18)11-4-2-10(3-5-11)13-14-6-7-20-13/h2-8,17-18H,1H3,(H,15,16). The Morgan fingerprint density at radius 2 is 2.00 bits per heavy atom. The third-order valence-corrected chi connectivity index (χ3v) is 4.98. The quantitative estimate of drug-likeness (QED) is 0.665. The maximum atomic E-state index is 10.2. The Morgan fingerprint density at radius 1 is 1.24 bits per heavy atom. The van der Waals surface area contributed by atoms with E-state index in [1.165, 1.54) is 11.3 Å². The molecule has 2 heterocycles. The van der Waals surface area contributed by atoms with Crippen LogP contribution in [-0.2, 0) is 0 Å². The number of hydrogen-bond donors (Lipinski definition) is 3. The fourth-order valence-corrected chi connectivity index (χ4v) is 3.44. The second kappa shape index (κ2) is 5.49. The van der Waals surface area contributed by atoms with Crippen LogP contribution >= 0.6 is 22.1 Å². The van der Waals surface area contributed by atoms with Gasteiger partial charge in [0, 0.05) is 23.2 Å². The van der Waals surface area contributed by atoms with Crippen molar-refractivity contribution < 1.29 is 13.6 Å². The fraction of sp³-hybridized carbons (Fsp3) is 0.0769. The lowest BCUT2D eigenvalue weighted by Gasteiger charge is -2.32. The van der Waals surface area contributed by atoms with Gasteiger partial charge in [-0.25, -0.2) is 4.98 Å². The minimum Gasteiger partial charge on any atom is -0.360 e. The molecule has 3 rings (SSSR count). The predicted molar refractivity (Wildman–Crippen MR) is 83.5 cm³/mol. The van der Waals surface area contributed by atoms with Gasteiger partial charge in [-0.3, -0.25) is 13.8 Å². The van der Waals surface area contributed by atoms with Crippen molar-refractivity contribution >= 4 is 27.9 Å². The summed E-state index contributed by atoms with van der Waals surface area (Å²) >= 11 is 1.53. The summed E-state index contributed by atoms with van der Waals surface area (Å²) in [4.78, 5) is 4.59. The largest absolute Gasteiger partial charge is 0.360 e. The van der Waals surface area contributed by atoms with Crippen LogP contribution in [-0.4, -0.2) is 19.2 Å². The van der Waals surface area contributed by atoms with Gasteiger partial charge in [-0.15, -0.1) is 11.3 Å². The van der Waals surface area contributed by atoms with Crippen molar-refractivity contribution in [3.8, 4) is 10.6 Å². The molecule has 110 valence electrons. The Kier molecular flexibility index (Phi) is 3.68. The van der Waals surface area contributed by atoms with Crippen molar-refractivity contribution in [3.05, 3.63) is 47.7 Å². The first-order chi connectivity index (χ1) is 10.0. The molecule has 3 aromatic rings. The van der Waals surface area contributed by atoms with Gasteiger partial charge in [-0.05, 0) is 19.1 Å². The second-order valence-corrected chi connectivity index (χ2v) is 7.00. The predicted octanol–water partition coefficient (Wildman–Crippen LogP) is 4.24. The van der Waals surface area contributed by atoms with Gasteiger partial charge in [0.1, 0.15) is 10.8 Å². The number of anilines is 1. The topological polar surface area (TPSA) is 91.4 Å². The first kappa shape index (κ1) is 14.1. The van der Waals surface area contributed by atoms with E-state index in [-0.39, 0.29) is 5.82 Å². The lowest BCUT2D eigenvalue weighted by molar-refractivity contribution is 0.399. The van der Waals surface area contributed by atoms with Crippen LogP contribution in [0, 0.1) is 6.92 Å². The first-order valence-electron chi connectivity index (χ1n) is 6.04. The van der Waals surface area contributed by atoms with Crippen LogP contribution in [0.15, 0.2) is 51.3 Å². The molecule has 0 saturated carbocycles. The normalized spacial score (nSPS) is 12.3. The summed E-state index contributed by atoms with van der Waals surface area (Å²) in [5.41, 5.74) is 0.932. The van der Waals surface area contributed by atoms with Gasteiger partial charge in [0.05, 0.1) is 4.90 Å². The van der Waals surface area contributed by atoms with Crippen LogP contribution in [0.3, 0.4) is 0 Å². The number of nitrogens with one attached hydrogen (secondary N) is 1. The Balaban J connectivity index is 1.82. The Hall–Kier alpha value is -1.87. The van der Waals surface area contributed by atoms with E-state index in [0.29, 0.717) is 10.7 Å². The van der Waals surface area contributed by atoms with E-state index < -0.39 is 10.8 Å². The molecule has 0 radical (unpaired) electrons. The summed E-state index contributed by atoms with van der Waals surface area (Å²) in [6.45, 7) is 1.73. The summed E-state index contributed by atoms with van der Waals surface area (Å²) in [5.74, 6) is 0.878. The van der Waals surface area contributed by atoms with Crippen LogP contribution < -0.4 is 4.72 Å². The van der Waals surface area contributed by atoms with Crippen molar-refractivity contribution in [2.75, 3.05) is 4.72 Å². The Bertz CT molecular complexity index is 723. The molecule has 0 spiro atoms. The van der Waals surface area contributed by atoms with E-state index >= 15 is 0 Å². The maximum Gasteiger partial charge on any atom is 0.187 e. The zero-order chi connectivity index (χ0) is 14.9. The average Bonchev–Trinajstić information content (AvgIpc) is 3.10. The van der Waals surface area contributed by atoms with Crippen LogP contribution in [0.2, 0.25) is 0 Å². The molecule has 0 aliphatic carbocycles. The summed E-state index contributed by atoms with van der Waals surface area (Å²) in [6, 6.07) is 8.52. The molecule has 0 aliphatic heterocycles. The van der Waals surface area contributed by atoms with Crippen LogP contribution in [0.5, 0.6) is 0 Å². The number of hydrogen-bond acceptors (Lipinski definition) is 7. The third-order valence-electron chi connectivity index (χ3n) is 2.74. The fourth-order valence-electron chi connectivity index (χ4n) is 1.77. The Morgan fingerprint density at radius 3 is 2.57 bits per heavy atom. The number of aromatic nitrogens is 2. The van der Waals surface area contributed by atoms with E-state index in [2.05, 4.69) is 14.9 Å². The minimum absolute atomic E-state index is 0.288. The monoisotopic (exact) mass is 323 g/mol. The molecular weight excluding hydrogens is 310 g/mol. The van der Waals surface area contributed by atoms with Crippen LogP contribution in [0.1, 0.15) is 5.76 Å². The lowest BCUT2D eigenvalue weighted by atomic mass is 10.2. The summed E-state index contributed by atoms with van der Waals surface area (Å²) in [7, 11) is -3.18. The van der Waals surface area contributed by atoms with E-state index in [0.717, 1.165) is 10.6 Å². The molecular formula is C13H13N3O3S2. The van der Waals surface area contributed by atoms with Crippen molar-refractivity contribution in [2.45, 2.75) is 11.8 Å². The minimum atomic E-state index is -3.18. The summed E-state index contributed by atoms with van der Waals surface area (Å²) in [6.07, 6.45) is 1.73. The third kappa shape index (κ3) is 3.08. The highest BCUT2D eigenvalue weighted by Gasteiger charge is 2.17. The van der Waals surface area contributed by atoms with E-state index in [1.807, 2.05) is 5.38 Å². The number of nitrogens with zero attached hydrogens (tertiary/aromatic N) is 2. The van der Waals surface area contributed by atoms with Crippen molar-refractivity contribution in [2.24, 2.45) is 0 Å². The van der Waals surface area contributed by atoms with Gasteiger partial charge in [-0.1, -0.05) is 28.1 Å². The molecule has 8 heteroatoms. The molecule has 0 saturated heterocycles. The molecule has 0 amide bonds. The molecule has 3 N–H and O–H groups in total. The summed E-state index contributed by atoms with van der Waals surface area (Å²) in [5, 5.41) is 6.47. The molecule has 0 atom stereocenters. The molecule has 21 heavy (non-hydrogen) atoms. The van der Waals surface area contributed by atoms with Gasteiger partial charge >= 0.3 is 0 Å². The molecule has 6 nitrogen and oxygen atoms in total. The number of rotatable bonds is 4. The zero-order valence-corrected chi connectivity index (χ0v) is 12.7. The second-order valence-electron chi connectivity index (χ2n) is 4.34. The van der Waals surface area contributed by atoms with Crippen molar-refractivity contribution in [1.82, 2.24) is 10.1 Å². The lowest BCUT2D eigenvalue weighted by Crippen LogP contribution is -2.09. The molecule has 0 unspecified atom stereocenters. The highest BCUT2D eigenvalue weighted by atomic mass is 32.3. The SMILES string of the molecule is Cc1cc(NS(O)(O)c2ccc(-c3nccs3)cc2)no1. The molecule has 1 aromatic carbocycles. The molecule has 0 aliphatic rings.